The van der Waals surface area contributed by atoms with E-state index in [9.17, 15) is 4.79 Å². The standard InChI is InChI=1S/C12H11N3O2/c1-15-6-9-8-5-7(12(16)17-2)3-4-10(8)13-11(9)14-15/h3-6H,1-2H3,(H,13,14). The van der Waals surface area contributed by atoms with Crippen molar-refractivity contribution in [1.29, 1.82) is 0 Å². The Labute approximate surface area is 97.0 Å². The predicted molar refractivity (Wildman–Crippen MR) is 63.9 cm³/mol. The van der Waals surface area contributed by atoms with Gasteiger partial charge in [-0.1, -0.05) is 0 Å². The van der Waals surface area contributed by atoms with Crippen LogP contribution in [0.1, 0.15) is 10.4 Å². The van der Waals surface area contributed by atoms with Gasteiger partial charge in [-0.05, 0) is 18.2 Å². The molecule has 3 aromatic rings. The number of fused-ring (bicyclic) bond motifs is 3. The quantitative estimate of drug-likeness (QED) is 0.648. The molecule has 3 rings (SSSR count). The number of esters is 1. The van der Waals surface area contributed by atoms with Crippen molar-refractivity contribution in [2.75, 3.05) is 7.11 Å². The van der Waals surface area contributed by atoms with Crippen molar-refractivity contribution >= 4 is 27.9 Å². The molecule has 0 amide bonds. The number of rotatable bonds is 1. The van der Waals surface area contributed by atoms with Gasteiger partial charge in [0.1, 0.15) is 0 Å². The number of hydrogen-bond acceptors (Lipinski definition) is 3. The number of nitrogens with one attached hydrogen (secondary N) is 1. The molecule has 0 bridgehead atoms. The molecular formula is C12H11N3O2. The number of H-pyrrole nitrogens is 1. The van der Waals surface area contributed by atoms with Gasteiger partial charge in [-0.2, -0.15) is 5.10 Å². The van der Waals surface area contributed by atoms with Gasteiger partial charge in [0, 0.05) is 29.5 Å². The Balaban J connectivity index is 2.31. The first kappa shape index (κ1) is 9.89. The van der Waals surface area contributed by atoms with Crippen LogP contribution >= 0.6 is 0 Å². The fourth-order valence-electron chi connectivity index (χ4n) is 2.03. The average molecular weight is 229 g/mol. The summed E-state index contributed by atoms with van der Waals surface area (Å²) in [5.74, 6) is -0.329. The SMILES string of the molecule is COC(=O)c1ccc2[nH]c3nn(C)cc3c2c1. The van der Waals surface area contributed by atoms with Gasteiger partial charge in [0.25, 0.3) is 0 Å². The van der Waals surface area contributed by atoms with Crippen LogP contribution < -0.4 is 0 Å². The van der Waals surface area contributed by atoms with E-state index in [1.165, 1.54) is 7.11 Å². The Bertz CT molecular complexity index is 724. The van der Waals surface area contributed by atoms with Gasteiger partial charge in [-0.15, -0.1) is 0 Å². The number of methoxy groups -OCH3 is 1. The zero-order chi connectivity index (χ0) is 12.0. The predicted octanol–water partition coefficient (Wildman–Crippen LogP) is 1.84. The number of aryl methyl sites for hydroxylation is 1. The summed E-state index contributed by atoms with van der Waals surface area (Å²) in [7, 11) is 3.24. The summed E-state index contributed by atoms with van der Waals surface area (Å²) < 4.78 is 6.45. The van der Waals surface area contributed by atoms with Gasteiger partial charge in [0.05, 0.1) is 12.7 Å². The molecule has 2 aromatic heterocycles. The van der Waals surface area contributed by atoms with E-state index in [1.807, 2.05) is 25.4 Å². The molecule has 0 unspecified atom stereocenters. The summed E-state index contributed by atoms with van der Waals surface area (Å²) in [5.41, 5.74) is 2.34. The summed E-state index contributed by atoms with van der Waals surface area (Å²) in [6.07, 6.45) is 1.93. The minimum absolute atomic E-state index is 0.329. The van der Waals surface area contributed by atoms with Crippen molar-refractivity contribution in [1.82, 2.24) is 14.8 Å². The third kappa shape index (κ3) is 1.39. The lowest BCUT2D eigenvalue weighted by Crippen LogP contribution is -2.00. The summed E-state index contributed by atoms with van der Waals surface area (Å²) in [4.78, 5) is 14.7. The van der Waals surface area contributed by atoms with E-state index < -0.39 is 0 Å². The number of hydrogen-bond donors (Lipinski definition) is 1. The first-order valence-corrected chi connectivity index (χ1v) is 5.22. The molecule has 0 spiro atoms. The number of carbonyl (C=O) groups excluding carboxylic acids is 1. The highest BCUT2D eigenvalue weighted by Crippen LogP contribution is 2.25. The summed E-state index contributed by atoms with van der Waals surface area (Å²) in [6.45, 7) is 0. The third-order valence-corrected chi connectivity index (χ3v) is 2.81. The van der Waals surface area contributed by atoms with Crippen LogP contribution in [0.5, 0.6) is 0 Å². The Morgan fingerprint density at radius 2 is 2.24 bits per heavy atom. The van der Waals surface area contributed by atoms with Crippen LogP contribution in [0.15, 0.2) is 24.4 Å². The lowest BCUT2D eigenvalue weighted by molar-refractivity contribution is 0.0601. The van der Waals surface area contributed by atoms with Crippen molar-refractivity contribution in [3.63, 3.8) is 0 Å². The van der Waals surface area contributed by atoms with Gasteiger partial charge >= 0.3 is 5.97 Å². The lowest BCUT2D eigenvalue weighted by atomic mass is 10.1. The second-order valence-corrected chi connectivity index (χ2v) is 3.94. The molecule has 86 valence electrons. The van der Waals surface area contributed by atoms with E-state index >= 15 is 0 Å². The largest absolute Gasteiger partial charge is 0.465 e. The van der Waals surface area contributed by atoms with E-state index in [2.05, 4.69) is 10.1 Å². The first-order valence-electron chi connectivity index (χ1n) is 5.22. The lowest BCUT2D eigenvalue weighted by Gasteiger charge is -1.98. The Hall–Kier alpha value is -2.30. The van der Waals surface area contributed by atoms with Gasteiger partial charge in [0.2, 0.25) is 0 Å². The maximum Gasteiger partial charge on any atom is 0.337 e. The molecule has 5 nitrogen and oxygen atoms in total. The topological polar surface area (TPSA) is 59.9 Å². The highest BCUT2D eigenvalue weighted by molar-refractivity contribution is 6.08. The molecular weight excluding hydrogens is 218 g/mol. The van der Waals surface area contributed by atoms with Crippen molar-refractivity contribution < 1.29 is 9.53 Å². The Kier molecular flexibility index (Phi) is 1.95. The first-order chi connectivity index (χ1) is 8.19. The summed E-state index contributed by atoms with van der Waals surface area (Å²) >= 11 is 0. The number of carbonyl (C=O) groups is 1. The number of nitrogens with zero attached hydrogens (tertiary/aromatic N) is 2. The zero-order valence-corrected chi connectivity index (χ0v) is 9.52. The molecule has 2 heterocycles. The van der Waals surface area contributed by atoms with Gasteiger partial charge in [-0.3, -0.25) is 4.68 Å². The van der Waals surface area contributed by atoms with Crippen LogP contribution in [0.25, 0.3) is 21.9 Å². The minimum Gasteiger partial charge on any atom is -0.465 e. The van der Waals surface area contributed by atoms with Gasteiger partial charge in [0.15, 0.2) is 5.65 Å². The number of aromatic nitrogens is 3. The molecule has 1 N–H and O–H groups in total. The molecule has 1 aromatic carbocycles. The molecule has 0 aliphatic rings. The minimum atomic E-state index is -0.329. The van der Waals surface area contributed by atoms with E-state index in [1.54, 1.807) is 10.7 Å². The Morgan fingerprint density at radius 3 is 3.00 bits per heavy atom. The highest BCUT2D eigenvalue weighted by Gasteiger charge is 2.11. The molecule has 0 aliphatic heterocycles. The van der Waals surface area contributed by atoms with Crippen LogP contribution in [-0.4, -0.2) is 27.8 Å². The second kappa shape index (κ2) is 3.35. The molecule has 17 heavy (non-hydrogen) atoms. The normalized spacial score (nSPS) is 11.2. The van der Waals surface area contributed by atoms with Crippen LogP contribution in [-0.2, 0) is 11.8 Å². The van der Waals surface area contributed by atoms with E-state index in [0.29, 0.717) is 5.56 Å². The van der Waals surface area contributed by atoms with Crippen molar-refractivity contribution in [3.05, 3.63) is 30.0 Å². The van der Waals surface area contributed by atoms with Crippen molar-refractivity contribution in [2.45, 2.75) is 0 Å². The van der Waals surface area contributed by atoms with Crippen LogP contribution in [0.2, 0.25) is 0 Å². The molecule has 0 atom stereocenters. The maximum atomic E-state index is 11.5. The monoisotopic (exact) mass is 229 g/mol. The summed E-state index contributed by atoms with van der Waals surface area (Å²) in [5, 5.41) is 6.28. The van der Waals surface area contributed by atoms with Crippen LogP contribution in [0.3, 0.4) is 0 Å². The maximum absolute atomic E-state index is 11.5. The zero-order valence-electron chi connectivity index (χ0n) is 9.52. The Morgan fingerprint density at radius 1 is 1.41 bits per heavy atom. The average Bonchev–Trinajstić information content (AvgIpc) is 2.83. The van der Waals surface area contributed by atoms with Crippen molar-refractivity contribution in [2.24, 2.45) is 7.05 Å². The fourth-order valence-corrected chi connectivity index (χ4v) is 2.03. The summed E-state index contributed by atoms with van der Waals surface area (Å²) in [6, 6.07) is 5.43. The number of aromatic amines is 1. The molecule has 0 saturated carbocycles. The van der Waals surface area contributed by atoms with Gasteiger partial charge in [-0.25, -0.2) is 4.79 Å². The number of benzene rings is 1. The molecule has 0 aliphatic carbocycles. The fraction of sp³-hybridized carbons (Fsp3) is 0.167. The smallest absolute Gasteiger partial charge is 0.337 e. The van der Waals surface area contributed by atoms with E-state index in [-0.39, 0.29) is 5.97 Å². The van der Waals surface area contributed by atoms with Crippen LogP contribution in [0.4, 0.5) is 0 Å². The van der Waals surface area contributed by atoms with E-state index in [0.717, 1.165) is 21.9 Å². The molecule has 5 heteroatoms. The molecule has 0 saturated heterocycles. The second-order valence-electron chi connectivity index (χ2n) is 3.94. The van der Waals surface area contributed by atoms with Crippen LogP contribution in [0, 0.1) is 0 Å². The van der Waals surface area contributed by atoms with E-state index in [4.69, 9.17) is 4.74 Å². The molecule has 0 fully saturated rings. The third-order valence-electron chi connectivity index (χ3n) is 2.81. The van der Waals surface area contributed by atoms with Crippen molar-refractivity contribution in [3.8, 4) is 0 Å². The number of ether oxygens (including phenoxy) is 1. The van der Waals surface area contributed by atoms with Gasteiger partial charge < -0.3 is 9.72 Å². The highest BCUT2D eigenvalue weighted by atomic mass is 16.5. The molecule has 0 radical (unpaired) electrons.